The Morgan fingerprint density at radius 1 is 1.24 bits per heavy atom. The molecule has 0 radical (unpaired) electrons. The quantitative estimate of drug-likeness (QED) is 0.735. The van der Waals surface area contributed by atoms with Crippen LogP contribution in [0.25, 0.3) is 0 Å². The maximum absolute atomic E-state index is 11.6. The summed E-state index contributed by atoms with van der Waals surface area (Å²) in [7, 11) is 0. The minimum absolute atomic E-state index is 0.416. The second-order valence-corrected chi connectivity index (χ2v) is 6.43. The Hall–Kier alpha value is -0.410. The first-order chi connectivity index (χ1) is 8.16. The van der Waals surface area contributed by atoms with E-state index in [4.69, 9.17) is 4.74 Å². The summed E-state index contributed by atoms with van der Waals surface area (Å²) < 4.78 is 5.47. The van der Waals surface area contributed by atoms with Gasteiger partial charge in [0.25, 0.3) is 0 Å². The van der Waals surface area contributed by atoms with E-state index in [1.165, 1.54) is 32.2 Å². The van der Waals surface area contributed by atoms with Crippen LogP contribution in [-0.4, -0.2) is 42.5 Å². The lowest BCUT2D eigenvalue weighted by Gasteiger charge is -2.42. The summed E-state index contributed by atoms with van der Waals surface area (Å²) in [6.45, 7) is 5.40. The van der Waals surface area contributed by atoms with Crippen LogP contribution in [-0.2, 0) is 9.53 Å². The minimum Gasteiger partial charge on any atom is -0.381 e. The Morgan fingerprint density at radius 2 is 1.82 bits per heavy atom. The van der Waals surface area contributed by atoms with Gasteiger partial charge in [-0.2, -0.15) is 0 Å². The van der Waals surface area contributed by atoms with Crippen LogP contribution >= 0.6 is 0 Å². The van der Waals surface area contributed by atoms with Gasteiger partial charge in [0.05, 0.1) is 0 Å². The van der Waals surface area contributed by atoms with E-state index in [2.05, 4.69) is 11.8 Å². The molecule has 0 spiro atoms. The van der Waals surface area contributed by atoms with Gasteiger partial charge < -0.3 is 4.74 Å². The van der Waals surface area contributed by atoms with Gasteiger partial charge in [0.2, 0.25) is 0 Å². The number of hydrogen-bond acceptors (Lipinski definition) is 3. The van der Waals surface area contributed by atoms with E-state index in [0.29, 0.717) is 23.3 Å². The molecule has 2 bridgehead atoms. The van der Waals surface area contributed by atoms with Crippen molar-refractivity contribution in [3.63, 3.8) is 0 Å². The molecule has 0 saturated carbocycles. The fourth-order valence-corrected chi connectivity index (χ4v) is 3.78. The van der Waals surface area contributed by atoms with Crippen LogP contribution in [0.4, 0.5) is 0 Å². The van der Waals surface area contributed by atoms with E-state index in [9.17, 15) is 4.79 Å². The van der Waals surface area contributed by atoms with Crippen LogP contribution in [0.15, 0.2) is 0 Å². The Balaban J connectivity index is 1.67. The van der Waals surface area contributed by atoms with Crippen molar-refractivity contribution in [3.8, 4) is 0 Å². The highest BCUT2D eigenvalue weighted by Gasteiger charge is 2.43. The topological polar surface area (TPSA) is 29.5 Å². The number of hydrogen-bond donors (Lipinski definition) is 0. The molecule has 0 aromatic heterocycles. The molecular weight excluding hydrogens is 214 g/mol. The van der Waals surface area contributed by atoms with E-state index in [-0.39, 0.29) is 0 Å². The largest absolute Gasteiger partial charge is 0.381 e. The van der Waals surface area contributed by atoms with Crippen molar-refractivity contribution >= 4 is 5.78 Å². The zero-order valence-corrected chi connectivity index (χ0v) is 10.8. The predicted octanol–water partition coefficient (Wildman–Crippen LogP) is 2.00. The number of ether oxygens (including phenoxy) is 1. The van der Waals surface area contributed by atoms with E-state index in [1.54, 1.807) is 0 Å². The smallest absolute Gasteiger partial charge is 0.136 e. The van der Waals surface area contributed by atoms with Crippen molar-refractivity contribution < 1.29 is 9.53 Å². The summed E-state index contributed by atoms with van der Waals surface area (Å²) in [5.74, 6) is 0.492. The second kappa shape index (κ2) is 4.36. The summed E-state index contributed by atoms with van der Waals surface area (Å²) >= 11 is 0. The van der Waals surface area contributed by atoms with E-state index < -0.39 is 0 Å². The van der Waals surface area contributed by atoms with Crippen LogP contribution < -0.4 is 0 Å². The number of Topliss-reactive ketones (excluding diaryl/α,β-unsaturated/α-hetero) is 1. The Morgan fingerprint density at radius 3 is 2.41 bits per heavy atom. The molecule has 3 aliphatic rings. The van der Waals surface area contributed by atoms with Crippen LogP contribution in [0.2, 0.25) is 0 Å². The zero-order valence-electron chi connectivity index (χ0n) is 10.8. The van der Waals surface area contributed by atoms with Crippen LogP contribution in [0.5, 0.6) is 0 Å². The molecule has 96 valence electrons. The fraction of sp³-hybridized carbons (Fsp3) is 0.929. The average Bonchev–Trinajstić information content (AvgIpc) is 2.54. The van der Waals surface area contributed by atoms with Gasteiger partial charge in [-0.3, -0.25) is 9.69 Å². The highest BCUT2D eigenvalue weighted by molar-refractivity contribution is 5.80. The Kier molecular flexibility index (Phi) is 2.99. The molecule has 0 N–H and O–H groups in total. The van der Waals surface area contributed by atoms with Crippen LogP contribution in [0, 0.1) is 5.41 Å². The first kappa shape index (κ1) is 11.7. The first-order valence-corrected chi connectivity index (χ1v) is 7.01. The summed E-state index contributed by atoms with van der Waals surface area (Å²) in [6, 6.07) is 1.11. The normalized spacial score (nSPS) is 37.4. The SMILES string of the molecule is CC1(CN2C3CCC2CC(=O)C3)CCOCC1. The van der Waals surface area contributed by atoms with Crippen molar-refractivity contribution in [2.24, 2.45) is 5.41 Å². The van der Waals surface area contributed by atoms with Crippen molar-refractivity contribution in [1.82, 2.24) is 4.90 Å². The molecule has 3 fully saturated rings. The molecule has 0 aliphatic carbocycles. The molecular formula is C14H23NO2. The third-order valence-electron chi connectivity index (χ3n) is 4.96. The van der Waals surface area contributed by atoms with Crippen molar-refractivity contribution in [2.75, 3.05) is 19.8 Å². The molecule has 0 aromatic carbocycles. The standard InChI is InChI=1S/C14H23NO2/c1-14(4-6-17-7-5-14)10-15-11-2-3-12(15)9-13(16)8-11/h11-12H,2-10H2,1H3. The van der Waals surface area contributed by atoms with Gasteiger partial charge >= 0.3 is 0 Å². The summed E-state index contributed by atoms with van der Waals surface area (Å²) in [4.78, 5) is 14.2. The highest BCUT2D eigenvalue weighted by atomic mass is 16.5. The van der Waals surface area contributed by atoms with E-state index in [0.717, 1.165) is 26.1 Å². The molecule has 3 heterocycles. The molecule has 2 atom stereocenters. The molecule has 3 nitrogen and oxygen atoms in total. The van der Waals surface area contributed by atoms with Crippen molar-refractivity contribution in [1.29, 1.82) is 0 Å². The molecule has 3 saturated heterocycles. The van der Waals surface area contributed by atoms with Gasteiger partial charge in [0, 0.05) is 44.7 Å². The number of piperidine rings is 1. The second-order valence-electron chi connectivity index (χ2n) is 6.43. The average molecular weight is 237 g/mol. The number of rotatable bonds is 2. The van der Waals surface area contributed by atoms with Crippen molar-refractivity contribution in [3.05, 3.63) is 0 Å². The molecule has 0 amide bonds. The maximum Gasteiger partial charge on any atom is 0.136 e. The van der Waals surface area contributed by atoms with Crippen LogP contribution in [0.3, 0.4) is 0 Å². The number of fused-ring (bicyclic) bond motifs is 2. The highest BCUT2D eigenvalue weighted by Crippen LogP contribution is 2.39. The zero-order chi connectivity index (χ0) is 11.9. The Labute approximate surface area is 104 Å². The van der Waals surface area contributed by atoms with Crippen LogP contribution in [0.1, 0.15) is 45.4 Å². The lowest BCUT2D eigenvalue weighted by Crippen LogP contribution is -2.49. The lowest BCUT2D eigenvalue weighted by atomic mass is 9.81. The lowest BCUT2D eigenvalue weighted by molar-refractivity contribution is -0.124. The van der Waals surface area contributed by atoms with Gasteiger partial charge in [-0.05, 0) is 31.1 Å². The molecule has 0 aromatic rings. The van der Waals surface area contributed by atoms with E-state index in [1.807, 2.05) is 0 Å². The molecule has 2 unspecified atom stereocenters. The predicted molar refractivity (Wildman–Crippen MR) is 65.9 cm³/mol. The van der Waals surface area contributed by atoms with E-state index >= 15 is 0 Å². The fourth-order valence-electron chi connectivity index (χ4n) is 3.78. The van der Waals surface area contributed by atoms with Gasteiger partial charge in [-0.15, -0.1) is 0 Å². The number of carbonyl (C=O) groups is 1. The number of carbonyl (C=O) groups excluding carboxylic acids is 1. The minimum atomic E-state index is 0.416. The third kappa shape index (κ3) is 2.27. The van der Waals surface area contributed by atoms with Gasteiger partial charge in [0.15, 0.2) is 0 Å². The number of ketones is 1. The number of nitrogens with zero attached hydrogens (tertiary/aromatic N) is 1. The molecule has 17 heavy (non-hydrogen) atoms. The van der Waals surface area contributed by atoms with Gasteiger partial charge in [0.1, 0.15) is 5.78 Å². The monoisotopic (exact) mass is 237 g/mol. The Bertz CT molecular complexity index is 293. The first-order valence-electron chi connectivity index (χ1n) is 7.01. The summed E-state index contributed by atoms with van der Waals surface area (Å²) in [5.41, 5.74) is 0.416. The molecule has 3 rings (SSSR count). The maximum atomic E-state index is 11.6. The van der Waals surface area contributed by atoms with Crippen molar-refractivity contribution in [2.45, 2.75) is 57.5 Å². The van der Waals surface area contributed by atoms with Gasteiger partial charge in [-0.25, -0.2) is 0 Å². The van der Waals surface area contributed by atoms with Gasteiger partial charge in [-0.1, -0.05) is 6.92 Å². The molecule has 3 heteroatoms. The molecule has 3 aliphatic heterocycles. The summed E-state index contributed by atoms with van der Waals surface area (Å²) in [5, 5.41) is 0. The third-order valence-corrected chi connectivity index (χ3v) is 4.96. The summed E-state index contributed by atoms with van der Waals surface area (Å²) in [6.07, 6.45) is 6.45.